The van der Waals surface area contributed by atoms with Gasteiger partial charge >= 0.3 is 0 Å². The zero-order valence-corrected chi connectivity index (χ0v) is 12.8. The number of likely N-dealkylation sites (N-methyl/N-ethyl adjacent to an activating group) is 1. The Balaban J connectivity index is 1.91. The highest BCUT2D eigenvalue weighted by atomic mass is 32.2. The van der Waals surface area contributed by atoms with Crippen molar-refractivity contribution in [2.45, 2.75) is 32.4 Å². The second kappa shape index (κ2) is 5.53. The van der Waals surface area contributed by atoms with Crippen LogP contribution in [-0.2, 0) is 27.8 Å². The molecule has 1 aromatic rings. The van der Waals surface area contributed by atoms with Crippen LogP contribution in [0, 0.1) is 6.92 Å². The van der Waals surface area contributed by atoms with Gasteiger partial charge in [0.15, 0.2) is 0 Å². The van der Waals surface area contributed by atoms with E-state index in [2.05, 4.69) is 10.3 Å². The maximum Gasteiger partial charge on any atom is 0.235 e. The number of amides is 1. The second-order valence-electron chi connectivity index (χ2n) is 5.27. The average Bonchev–Trinajstić information content (AvgIpc) is 2.66. The Labute approximate surface area is 119 Å². The normalized spacial score (nSPS) is 18.9. The van der Waals surface area contributed by atoms with Crippen molar-refractivity contribution in [2.75, 3.05) is 19.8 Å². The first-order chi connectivity index (χ1) is 9.25. The number of fused-ring (bicyclic) bond motifs is 1. The summed E-state index contributed by atoms with van der Waals surface area (Å²) < 4.78 is 25.6. The molecule has 0 aromatic carbocycles. The zero-order valence-electron chi connectivity index (χ0n) is 12.0. The molecule has 0 bridgehead atoms. The topological polar surface area (TPSA) is 84.3 Å². The van der Waals surface area contributed by atoms with Gasteiger partial charge in [0.05, 0.1) is 18.5 Å². The third-order valence-corrected chi connectivity index (χ3v) is 4.67. The summed E-state index contributed by atoms with van der Waals surface area (Å²) in [6.07, 6.45) is 4.70. The molecule has 8 heteroatoms. The molecule has 1 aliphatic rings. The Morgan fingerprint density at radius 2 is 2.30 bits per heavy atom. The van der Waals surface area contributed by atoms with E-state index in [1.807, 2.05) is 17.7 Å². The molecule has 0 fully saturated rings. The van der Waals surface area contributed by atoms with Gasteiger partial charge in [-0.3, -0.25) is 4.79 Å². The molecule has 2 heterocycles. The predicted octanol–water partition coefficient (Wildman–Crippen LogP) is -0.486. The lowest BCUT2D eigenvalue weighted by Gasteiger charge is -2.25. The summed E-state index contributed by atoms with van der Waals surface area (Å²) in [5, 5.41) is 2.88. The smallest absolute Gasteiger partial charge is 0.235 e. The molecule has 2 rings (SSSR count). The fourth-order valence-electron chi connectivity index (χ4n) is 2.30. The summed E-state index contributed by atoms with van der Waals surface area (Å²) in [5.74, 6) is 0.768. The van der Waals surface area contributed by atoms with Crippen LogP contribution in [0.25, 0.3) is 0 Å². The van der Waals surface area contributed by atoms with Gasteiger partial charge in [-0.15, -0.1) is 0 Å². The van der Waals surface area contributed by atoms with Crippen LogP contribution in [-0.4, -0.2) is 54.1 Å². The molecule has 0 spiro atoms. The van der Waals surface area contributed by atoms with E-state index in [1.165, 1.54) is 7.05 Å². The summed E-state index contributed by atoms with van der Waals surface area (Å²) in [5.41, 5.74) is 0.976. The van der Waals surface area contributed by atoms with Gasteiger partial charge in [-0.25, -0.2) is 13.4 Å². The lowest BCUT2D eigenvalue weighted by molar-refractivity contribution is -0.122. The number of nitrogens with one attached hydrogen (secondary N) is 1. The Morgan fingerprint density at radius 1 is 1.60 bits per heavy atom. The average molecular weight is 300 g/mol. The van der Waals surface area contributed by atoms with Crippen LogP contribution in [0.4, 0.5) is 0 Å². The van der Waals surface area contributed by atoms with E-state index in [-0.39, 0.29) is 18.5 Å². The van der Waals surface area contributed by atoms with Gasteiger partial charge in [0.1, 0.15) is 5.82 Å². The highest BCUT2D eigenvalue weighted by Crippen LogP contribution is 2.14. The van der Waals surface area contributed by atoms with E-state index in [1.54, 1.807) is 0 Å². The van der Waals surface area contributed by atoms with Crippen LogP contribution in [0.15, 0.2) is 6.20 Å². The van der Waals surface area contributed by atoms with Gasteiger partial charge in [0.2, 0.25) is 15.9 Å². The fraction of sp³-hybridized carbons (Fsp3) is 0.667. The van der Waals surface area contributed by atoms with E-state index in [0.29, 0.717) is 6.54 Å². The summed E-state index contributed by atoms with van der Waals surface area (Å²) in [7, 11) is -1.93. The Hall–Kier alpha value is -1.41. The van der Waals surface area contributed by atoms with Gasteiger partial charge in [-0.05, 0) is 13.3 Å². The molecular weight excluding hydrogens is 280 g/mol. The minimum atomic E-state index is -3.33. The van der Waals surface area contributed by atoms with Crippen LogP contribution in [0.2, 0.25) is 0 Å². The number of nitrogens with zero attached hydrogens (tertiary/aromatic N) is 3. The molecule has 112 valence electrons. The Morgan fingerprint density at radius 3 is 2.95 bits per heavy atom. The first-order valence-corrected chi connectivity index (χ1v) is 8.34. The van der Waals surface area contributed by atoms with E-state index in [9.17, 15) is 13.2 Å². The monoisotopic (exact) mass is 300 g/mol. The molecule has 1 amide bonds. The van der Waals surface area contributed by atoms with Crippen molar-refractivity contribution in [3.63, 3.8) is 0 Å². The van der Waals surface area contributed by atoms with E-state index < -0.39 is 10.0 Å². The summed E-state index contributed by atoms with van der Waals surface area (Å²) >= 11 is 0. The van der Waals surface area contributed by atoms with Crippen molar-refractivity contribution >= 4 is 15.9 Å². The molecule has 7 nitrogen and oxygen atoms in total. The van der Waals surface area contributed by atoms with Crippen LogP contribution in [0.3, 0.4) is 0 Å². The molecule has 0 saturated carbocycles. The molecule has 0 radical (unpaired) electrons. The van der Waals surface area contributed by atoms with E-state index in [4.69, 9.17) is 0 Å². The van der Waals surface area contributed by atoms with Crippen molar-refractivity contribution < 1.29 is 13.2 Å². The van der Waals surface area contributed by atoms with E-state index in [0.717, 1.165) is 34.9 Å². The number of hydrogen-bond acceptors (Lipinski definition) is 4. The summed E-state index contributed by atoms with van der Waals surface area (Å²) in [6.45, 7) is 2.48. The molecular formula is C12H20N4O3S. The van der Waals surface area contributed by atoms with Crippen LogP contribution in [0.5, 0.6) is 0 Å². The lowest BCUT2D eigenvalue weighted by atomic mass is 10.1. The molecule has 0 aliphatic carbocycles. The molecule has 1 aromatic heterocycles. The minimum absolute atomic E-state index is 0.0246. The summed E-state index contributed by atoms with van der Waals surface area (Å²) in [4.78, 5) is 16.3. The SMILES string of the molecule is Cc1cn2c(n1)CCC(NC(=O)CN(C)S(C)(=O)=O)C2. The number of hydrogen-bond donors (Lipinski definition) is 1. The molecule has 1 aliphatic heterocycles. The van der Waals surface area contributed by atoms with Crippen LogP contribution >= 0.6 is 0 Å². The van der Waals surface area contributed by atoms with Crippen molar-refractivity contribution in [3.05, 3.63) is 17.7 Å². The van der Waals surface area contributed by atoms with Gasteiger partial charge in [-0.2, -0.15) is 4.31 Å². The minimum Gasteiger partial charge on any atom is -0.350 e. The number of rotatable bonds is 4. The van der Waals surface area contributed by atoms with Crippen molar-refractivity contribution in [3.8, 4) is 0 Å². The highest BCUT2D eigenvalue weighted by molar-refractivity contribution is 7.88. The van der Waals surface area contributed by atoms with Crippen molar-refractivity contribution in [1.82, 2.24) is 19.2 Å². The van der Waals surface area contributed by atoms with Crippen molar-refractivity contribution in [1.29, 1.82) is 0 Å². The van der Waals surface area contributed by atoms with Crippen LogP contribution in [0.1, 0.15) is 17.9 Å². The number of carbonyl (C=O) groups is 1. The van der Waals surface area contributed by atoms with Crippen LogP contribution < -0.4 is 5.32 Å². The molecule has 1 unspecified atom stereocenters. The van der Waals surface area contributed by atoms with E-state index >= 15 is 0 Å². The quantitative estimate of drug-likeness (QED) is 0.813. The Bertz CT molecular complexity index is 608. The largest absolute Gasteiger partial charge is 0.350 e. The van der Waals surface area contributed by atoms with Gasteiger partial charge in [-0.1, -0.05) is 0 Å². The lowest BCUT2D eigenvalue weighted by Crippen LogP contribution is -2.45. The fourth-order valence-corrected chi connectivity index (χ4v) is 2.65. The summed E-state index contributed by atoms with van der Waals surface area (Å²) in [6, 6.07) is 0.0246. The molecule has 0 saturated heterocycles. The van der Waals surface area contributed by atoms with Gasteiger partial charge in [0, 0.05) is 32.3 Å². The second-order valence-corrected chi connectivity index (χ2v) is 7.36. The number of carbonyl (C=O) groups excluding carboxylic acids is 1. The first-order valence-electron chi connectivity index (χ1n) is 6.49. The maximum absolute atomic E-state index is 11.8. The highest BCUT2D eigenvalue weighted by Gasteiger charge is 2.22. The number of aromatic nitrogens is 2. The predicted molar refractivity (Wildman–Crippen MR) is 74.7 cm³/mol. The number of sulfonamides is 1. The number of aryl methyl sites for hydroxylation is 2. The van der Waals surface area contributed by atoms with Gasteiger partial charge in [0.25, 0.3) is 0 Å². The number of imidazole rings is 1. The maximum atomic E-state index is 11.8. The first kappa shape index (κ1) is 15.0. The molecule has 1 N–H and O–H groups in total. The van der Waals surface area contributed by atoms with Gasteiger partial charge < -0.3 is 9.88 Å². The third kappa shape index (κ3) is 3.57. The Kier molecular flexibility index (Phi) is 4.14. The zero-order chi connectivity index (χ0) is 14.9. The standard InChI is InChI=1S/C12H20N4O3S/c1-9-6-16-7-10(4-5-11(16)13-9)14-12(17)8-15(2)20(3,18)19/h6,10H,4-5,7-8H2,1-3H3,(H,14,17). The van der Waals surface area contributed by atoms with Crippen molar-refractivity contribution in [2.24, 2.45) is 0 Å². The molecule has 20 heavy (non-hydrogen) atoms. The third-order valence-electron chi connectivity index (χ3n) is 3.41. The molecule has 1 atom stereocenters.